The highest BCUT2D eigenvalue weighted by Crippen LogP contribution is 2.34. The van der Waals surface area contributed by atoms with Crippen LogP contribution in [-0.4, -0.2) is 67.3 Å². The molecule has 3 fully saturated rings. The van der Waals surface area contributed by atoms with E-state index in [9.17, 15) is 13.6 Å². The Bertz CT molecular complexity index is 708. The van der Waals surface area contributed by atoms with Crippen molar-refractivity contribution in [3.63, 3.8) is 0 Å². The maximum absolute atomic E-state index is 13.5. The zero-order chi connectivity index (χ0) is 19.0. The fourth-order valence-corrected chi connectivity index (χ4v) is 4.78. The number of likely N-dealkylation sites (tertiary alicyclic amines) is 1. The molecular formula is C20H27F2N3O2. The van der Waals surface area contributed by atoms with Crippen LogP contribution in [0, 0.1) is 11.6 Å². The zero-order valence-electron chi connectivity index (χ0n) is 15.8. The molecule has 1 atom stereocenters. The average molecular weight is 379 g/mol. The molecule has 0 aromatic heterocycles. The van der Waals surface area contributed by atoms with Crippen molar-refractivity contribution in [3.05, 3.63) is 29.8 Å². The van der Waals surface area contributed by atoms with E-state index in [1.54, 1.807) is 18.0 Å². The summed E-state index contributed by atoms with van der Waals surface area (Å²) in [6.45, 7) is 4.34. The van der Waals surface area contributed by atoms with Crippen LogP contribution in [0.2, 0.25) is 0 Å². The van der Waals surface area contributed by atoms with Gasteiger partial charge in [-0.3, -0.25) is 0 Å². The number of hydrogen-bond acceptors (Lipinski definition) is 4. The summed E-state index contributed by atoms with van der Waals surface area (Å²) in [6.07, 6.45) is 4.64. The van der Waals surface area contributed by atoms with Crippen molar-refractivity contribution in [2.75, 3.05) is 44.7 Å². The molecule has 0 radical (unpaired) electrons. The van der Waals surface area contributed by atoms with Crippen LogP contribution >= 0.6 is 0 Å². The van der Waals surface area contributed by atoms with Gasteiger partial charge in [0.15, 0.2) is 11.6 Å². The van der Waals surface area contributed by atoms with Crippen LogP contribution in [-0.2, 0) is 4.74 Å². The van der Waals surface area contributed by atoms with E-state index in [1.807, 2.05) is 0 Å². The molecule has 3 saturated heterocycles. The molecule has 1 spiro atoms. The molecule has 0 saturated carbocycles. The lowest BCUT2D eigenvalue weighted by Crippen LogP contribution is -2.46. The van der Waals surface area contributed by atoms with Crippen molar-refractivity contribution in [3.8, 4) is 0 Å². The van der Waals surface area contributed by atoms with Crippen molar-refractivity contribution in [2.24, 2.45) is 0 Å². The lowest BCUT2D eigenvalue weighted by Gasteiger charge is -2.39. The van der Waals surface area contributed by atoms with Crippen molar-refractivity contribution in [1.82, 2.24) is 9.80 Å². The fourth-order valence-electron chi connectivity index (χ4n) is 4.78. The van der Waals surface area contributed by atoms with Gasteiger partial charge in [0.25, 0.3) is 0 Å². The summed E-state index contributed by atoms with van der Waals surface area (Å²) >= 11 is 0. The summed E-state index contributed by atoms with van der Waals surface area (Å²) in [6, 6.07) is 4.64. The van der Waals surface area contributed by atoms with Gasteiger partial charge in [0, 0.05) is 50.9 Å². The first kappa shape index (κ1) is 18.5. The molecule has 1 amide bonds. The van der Waals surface area contributed by atoms with Crippen molar-refractivity contribution >= 4 is 11.8 Å². The van der Waals surface area contributed by atoms with Crippen LogP contribution in [0.25, 0.3) is 0 Å². The number of hydrogen-bond donors (Lipinski definition) is 0. The number of carbonyl (C=O) groups is 1. The summed E-state index contributed by atoms with van der Waals surface area (Å²) in [4.78, 5) is 18.1. The third-order valence-corrected chi connectivity index (χ3v) is 6.32. The normalized spacial score (nSPS) is 27.9. The molecule has 148 valence electrons. The number of halogens is 2. The number of amides is 1. The SMILES string of the molecule is CN1CC2(CCCN(C3CCN(c4ccc(F)c(F)c4)CC3)CC2)OC1=O. The predicted molar refractivity (Wildman–Crippen MR) is 98.9 cm³/mol. The van der Waals surface area contributed by atoms with E-state index in [0.29, 0.717) is 12.6 Å². The lowest BCUT2D eigenvalue weighted by molar-refractivity contribution is 0.0426. The number of piperidine rings is 1. The third-order valence-electron chi connectivity index (χ3n) is 6.32. The van der Waals surface area contributed by atoms with Gasteiger partial charge in [-0.15, -0.1) is 0 Å². The van der Waals surface area contributed by atoms with Gasteiger partial charge in [-0.1, -0.05) is 0 Å². The highest BCUT2D eigenvalue weighted by molar-refractivity contribution is 5.70. The molecular weight excluding hydrogens is 352 g/mol. The molecule has 7 heteroatoms. The molecule has 1 unspecified atom stereocenters. The van der Waals surface area contributed by atoms with Crippen LogP contribution < -0.4 is 4.90 Å². The van der Waals surface area contributed by atoms with Gasteiger partial charge >= 0.3 is 6.09 Å². The van der Waals surface area contributed by atoms with Crippen LogP contribution in [0.15, 0.2) is 18.2 Å². The monoisotopic (exact) mass is 379 g/mol. The fraction of sp³-hybridized carbons (Fsp3) is 0.650. The standard InChI is InChI=1S/C20H27F2N3O2/c1-23-14-20(27-19(23)26)7-2-9-24(12-8-20)15-5-10-25(11-6-15)16-3-4-17(21)18(22)13-16/h3-4,13,15H,2,5-12,14H2,1H3. The molecule has 3 aliphatic rings. The Labute approximate surface area is 158 Å². The minimum absolute atomic E-state index is 0.205. The van der Waals surface area contributed by atoms with E-state index >= 15 is 0 Å². The van der Waals surface area contributed by atoms with Gasteiger partial charge in [0.1, 0.15) is 5.60 Å². The number of anilines is 1. The average Bonchev–Trinajstić information content (AvgIpc) is 2.81. The predicted octanol–water partition coefficient (Wildman–Crippen LogP) is 3.24. The van der Waals surface area contributed by atoms with E-state index in [-0.39, 0.29) is 11.7 Å². The largest absolute Gasteiger partial charge is 0.441 e. The highest BCUT2D eigenvalue weighted by atomic mass is 19.2. The van der Waals surface area contributed by atoms with Gasteiger partial charge < -0.3 is 19.4 Å². The van der Waals surface area contributed by atoms with Gasteiger partial charge in [0.05, 0.1) is 6.54 Å². The molecule has 27 heavy (non-hydrogen) atoms. The second-order valence-electron chi connectivity index (χ2n) is 8.11. The first-order chi connectivity index (χ1) is 13.0. The van der Waals surface area contributed by atoms with Crippen LogP contribution in [0.5, 0.6) is 0 Å². The maximum atomic E-state index is 13.5. The topological polar surface area (TPSA) is 36.0 Å². The van der Waals surface area contributed by atoms with Gasteiger partial charge in [-0.05, 0) is 44.4 Å². The lowest BCUT2D eigenvalue weighted by atomic mass is 9.95. The highest BCUT2D eigenvalue weighted by Gasteiger charge is 2.44. The number of benzene rings is 1. The van der Waals surface area contributed by atoms with E-state index in [4.69, 9.17) is 4.74 Å². The Morgan fingerprint density at radius 3 is 2.52 bits per heavy atom. The van der Waals surface area contributed by atoms with Gasteiger partial charge in [0.2, 0.25) is 0 Å². The summed E-state index contributed by atoms with van der Waals surface area (Å²) in [5.41, 5.74) is 0.440. The van der Waals surface area contributed by atoms with E-state index in [2.05, 4.69) is 9.80 Å². The summed E-state index contributed by atoms with van der Waals surface area (Å²) in [7, 11) is 1.80. The number of nitrogens with zero attached hydrogens (tertiary/aromatic N) is 3. The second-order valence-corrected chi connectivity index (χ2v) is 8.11. The summed E-state index contributed by atoms with van der Waals surface area (Å²) in [5.74, 6) is -1.59. The molecule has 5 nitrogen and oxygen atoms in total. The molecule has 1 aromatic rings. The smallest absolute Gasteiger partial charge is 0.410 e. The summed E-state index contributed by atoms with van der Waals surface area (Å²) < 4.78 is 32.3. The van der Waals surface area contributed by atoms with Gasteiger partial charge in [-0.25, -0.2) is 13.6 Å². The molecule has 0 N–H and O–H groups in total. The number of ether oxygens (including phenoxy) is 1. The minimum Gasteiger partial charge on any atom is -0.441 e. The molecule has 1 aromatic carbocycles. The first-order valence-electron chi connectivity index (χ1n) is 9.84. The molecule has 0 aliphatic carbocycles. The third kappa shape index (κ3) is 3.74. The van der Waals surface area contributed by atoms with Crippen LogP contribution in [0.1, 0.15) is 32.1 Å². The van der Waals surface area contributed by atoms with Crippen molar-refractivity contribution < 1.29 is 18.3 Å². The van der Waals surface area contributed by atoms with Gasteiger partial charge in [-0.2, -0.15) is 0 Å². The van der Waals surface area contributed by atoms with E-state index < -0.39 is 11.6 Å². The Morgan fingerprint density at radius 1 is 1.07 bits per heavy atom. The quantitative estimate of drug-likeness (QED) is 0.790. The zero-order valence-corrected chi connectivity index (χ0v) is 15.8. The van der Waals surface area contributed by atoms with Crippen molar-refractivity contribution in [1.29, 1.82) is 0 Å². The Balaban J connectivity index is 1.33. The number of carbonyl (C=O) groups excluding carboxylic acids is 1. The van der Waals surface area contributed by atoms with E-state index in [1.165, 1.54) is 12.1 Å². The maximum Gasteiger partial charge on any atom is 0.410 e. The summed E-state index contributed by atoms with van der Waals surface area (Å²) in [5, 5.41) is 0. The Kier molecular flexibility index (Phi) is 4.97. The first-order valence-corrected chi connectivity index (χ1v) is 9.84. The Hall–Kier alpha value is -1.89. The van der Waals surface area contributed by atoms with Crippen molar-refractivity contribution in [2.45, 2.75) is 43.7 Å². The molecule has 3 heterocycles. The van der Waals surface area contributed by atoms with Crippen LogP contribution in [0.4, 0.5) is 19.3 Å². The Morgan fingerprint density at radius 2 is 1.85 bits per heavy atom. The molecule has 0 bridgehead atoms. The minimum atomic E-state index is -0.801. The number of rotatable bonds is 2. The second kappa shape index (κ2) is 7.26. The number of likely N-dealkylation sites (N-methyl/N-ethyl adjacent to an activating group) is 1. The molecule has 3 aliphatic heterocycles. The van der Waals surface area contributed by atoms with E-state index in [0.717, 1.165) is 64.0 Å². The van der Waals surface area contributed by atoms with Crippen LogP contribution in [0.3, 0.4) is 0 Å². The molecule has 4 rings (SSSR count).